The first-order valence-corrected chi connectivity index (χ1v) is 7.72. The van der Waals surface area contributed by atoms with Crippen molar-refractivity contribution in [3.63, 3.8) is 0 Å². The maximum absolute atomic E-state index is 12.0. The summed E-state index contributed by atoms with van der Waals surface area (Å²) in [4.78, 5) is 4.05. The average molecular weight is 320 g/mol. The molecule has 1 aliphatic rings. The van der Waals surface area contributed by atoms with E-state index in [0.29, 0.717) is 23.5 Å². The number of anilines is 1. The third kappa shape index (κ3) is 3.40. The lowest BCUT2D eigenvalue weighted by Crippen LogP contribution is -2.39. The molecule has 2 rings (SSSR count). The van der Waals surface area contributed by atoms with Crippen LogP contribution in [0.15, 0.2) is 22.8 Å². The van der Waals surface area contributed by atoms with Crippen LogP contribution in [0.1, 0.15) is 19.3 Å². The maximum Gasteiger partial charge on any atom is 0.302 e. The van der Waals surface area contributed by atoms with Crippen molar-refractivity contribution in [1.29, 1.82) is 0 Å². The molecule has 0 radical (unpaired) electrons. The average Bonchev–Trinajstić information content (AvgIpc) is 2.29. The van der Waals surface area contributed by atoms with Gasteiger partial charge in [-0.2, -0.15) is 12.7 Å². The first-order valence-electron chi connectivity index (χ1n) is 5.48. The maximum atomic E-state index is 12.0. The van der Waals surface area contributed by atoms with Gasteiger partial charge in [-0.3, -0.25) is 4.72 Å². The number of nitrogens with zero attached hydrogens (tertiary/aromatic N) is 2. The van der Waals surface area contributed by atoms with Gasteiger partial charge in [0.05, 0.1) is 0 Å². The standard InChI is InChI=1S/C10H14BrN3O2S/c11-9-5-4-6-10(12-9)13-17(15,16)14-7-2-1-3-8-14/h4-6H,1-3,7-8H2,(H,12,13). The molecule has 2 heterocycles. The number of hydrogen-bond donors (Lipinski definition) is 1. The highest BCUT2D eigenvalue weighted by molar-refractivity contribution is 9.10. The smallest absolute Gasteiger partial charge is 0.254 e. The van der Waals surface area contributed by atoms with Crippen LogP contribution in [0.3, 0.4) is 0 Å². The molecule has 0 spiro atoms. The molecule has 1 aromatic rings. The molecule has 5 nitrogen and oxygen atoms in total. The van der Waals surface area contributed by atoms with Gasteiger partial charge in [0.15, 0.2) is 0 Å². The minimum atomic E-state index is -3.45. The zero-order valence-electron chi connectivity index (χ0n) is 9.26. The Kier molecular flexibility index (Phi) is 4.01. The van der Waals surface area contributed by atoms with E-state index < -0.39 is 10.2 Å². The Labute approximate surface area is 110 Å². The summed E-state index contributed by atoms with van der Waals surface area (Å²) < 4.78 is 28.6. The van der Waals surface area contributed by atoms with Crippen LogP contribution in [0, 0.1) is 0 Å². The number of piperidine rings is 1. The van der Waals surface area contributed by atoms with Crippen LogP contribution in [0.2, 0.25) is 0 Å². The van der Waals surface area contributed by atoms with Crippen molar-refractivity contribution >= 4 is 32.0 Å². The van der Waals surface area contributed by atoms with Crippen LogP contribution in [-0.2, 0) is 10.2 Å². The topological polar surface area (TPSA) is 62.3 Å². The van der Waals surface area contributed by atoms with Crippen molar-refractivity contribution in [2.24, 2.45) is 0 Å². The molecule has 0 atom stereocenters. The van der Waals surface area contributed by atoms with Gasteiger partial charge in [0, 0.05) is 13.1 Å². The molecule has 0 aromatic carbocycles. The third-order valence-corrected chi connectivity index (χ3v) is 4.56. The zero-order chi connectivity index (χ0) is 12.3. The molecule has 1 N–H and O–H groups in total. The number of nitrogens with one attached hydrogen (secondary N) is 1. The predicted molar refractivity (Wildman–Crippen MR) is 69.9 cm³/mol. The van der Waals surface area contributed by atoms with Gasteiger partial charge >= 0.3 is 10.2 Å². The summed E-state index contributed by atoms with van der Waals surface area (Å²) in [6.07, 6.45) is 2.95. The van der Waals surface area contributed by atoms with Crippen molar-refractivity contribution in [2.75, 3.05) is 17.8 Å². The van der Waals surface area contributed by atoms with E-state index in [0.717, 1.165) is 19.3 Å². The minimum absolute atomic E-state index is 0.338. The van der Waals surface area contributed by atoms with E-state index in [2.05, 4.69) is 25.6 Å². The molecule has 1 fully saturated rings. The molecule has 0 bridgehead atoms. The van der Waals surface area contributed by atoms with E-state index >= 15 is 0 Å². The second kappa shape index (κ2) is 5.32. The van der Waals surface area contributed by atoms with Crippen LogP contribution >= 0.6 is 15.9 Å². The predicted octanol–water partition coefficient (Wildman–Crippen LogP) is 1.99. The van der Waals surface area contributed by atoms with E-state index in [1.165, 1.54) is 4.31 Å². The molecule has 0 unspecified atom stereocenters. The Hall–Kier alpha value is -0.660. The Morgan fingerprint density at radius 1 is 1.24 bits per heavy atom. The molecule has 1 saturated heterocycles. The van der Waals surface area contributed by atoms with E-state index in [9.17, 15) is 8.42 Å². The van der Waals surface area contributed by atoms with Crippen LogP contribution in [0.5, 0.6) is 0 Å². The molecule has 0 saturated carbocycles. The number of halogens is 1. The Morgan fingerprint density at radius 3 is 2.59 bits per heavy atom. The van der Waals surface area contributed by atoms with Gasteiger partial charge in [0.2, 0.25) is 0 Å². The van der Waals surface area contributed by atoms with Crippen molar-refractivity contribution in [3.8, 4) is 0 Å². The van der Waals surface area contributed by atoms with Gasteiger partial charge in [-0.25, -0.2) is 4.98 Å². The molecule has 0 aliphatic carbocycles. The number of hydrogen-bond acceptors (Lipinski definition) is 3. The molecular weight excluding hydrogens is 306 g/mol. The monoisotopic (exact) mass is 319 g/mol. The summed E-state index contributed by atoms with van der Waals surface area (Å²) in [7, 11) is -3.45. The highest BCUT2D eigenvalue weighted by Crippen LogP contribution is 2.16. The molecule has 1 aliphatic heterocycles. The molecule has 0 amide bonds. The van der Waals surface area contributed by atoms with E-state index in [1.807, 2.05) is 0 Å². The normalized spacial score (nSPS) is 17.9. The largest absolute Gasteiger partial charge is 0.302 e. The Balaban J connectivity index is 2.11. The fourth-order valence-electron chi connectivity index (χ4n) is 1.77. The van der Waals surface area contributed by atoms with E-state index in [4.69, 9.17) is 0 Å². The Morgan fingerprint density at radius 2 is 1.94 bits per heavy atom. The third-order valence-electron chi connectivity index (χ3n) is 2.60. The van der Waals surface area contributed by atoms with E-state index in [1.54, 1.807) is 18.2 Å². The quantitative estimate of drug-likeness (QED) is 0.867. The van der Waals surface area contributed by atoms with Crippen LogP contribution in [0.25, 0.3) is 0 Å². The van der Waals surface area contributed by atoms with E-state index in [-0.39, 0.29) is 0 Å². The van der Waals surface area contributed by atoms with Gasteiger partial charge in [0.25, 0.3) is 0 Å². The van der Waals surface area contributed by atoms with Gasteiger partial charge < -0.3 is 0 Å². The highest BCUT2D eigenvalue weighted by atomic mass is 79.9. The summed E-state index contributed by atoms with van der Waals surface area (Å²) in [5.41, 5.74) is 0. The van der Waals surface area contributed by atoms with Crippen molar-refractivity contribution < 1.29 is 8.42 Å². The van der Waals surface area contributed by atoms with Gasteiger partial charge in [0.1, 0.15) is 10.4 Å². The SMILES string of the molecule is O=S(=O)(Nc1cccc(Br)n1)N1CCCCC1. The van der Waals surface area contributed by atoms with Gasteiger partial charge in [-0.15, -0.1) is 0 Å². The zero-order valence-corrected chi connectivity index (χ0v) is 11.7. The van der Waals surface area contributed by atoms with Crippen LogP contribution in [0.4, 0.5) is 5.82 Å². The van der Waals surface area contributed by atoms with Gasteiger partial charge in [-0.05, 0) is 40.9 Å². The highest BCUT2D eigenvalue weighted by Gasteiger charge is 2.23. The molecular formula is C10H14BrN3O2S. The van der Waals surface area contributed by atoms with Crippen LogP contribution in [-0.4, -0.2) is 30.8 Å². The summed E-state index contributed by atoms with van der Waals surface area (Å²) in [5, 5.41) is 0. The minimum Gasteiger partial charge on any atom is -0.254 e. The summed E-state index contributed by atoms with van der Waals surface area (Å²) >= 11 is 3.21. The molecule has 94 valence electrons. The molecule has 7 heteroatoms. The van der Waals surface area contributed by atoms with Crippen molar-refractivity contribution in [3.05, 3.63) is 22.8 Å². The fraction of sp³-hybridized carbons (Fsp3) is 0.500. The van der Waals surface area contributed by atoms with Crippen molar-refractivity contribution in [2.45, 2.75) is 19.3 Å². The first-order chi connectivity index (χ1) is 8.08. The molecule has 17 heavy (non-hydrogen) atoms. The van der Waals surface area contributed by atoms with Crippen molar-refractivity contribution in [1.82, 2.24) is 9.29 Å². The fourth-order valence-corrected chi connectivity index (χ4v) is 3.36. The number of aromatic nitrogens is 1. The molecule has 1 aromatic heterocycles. The second-order valence-electron chi connectivity index (χ2n) is 3.91. The lowest BCUT2D eigenvalue weighted by molar-refractivity contribution is 0.349. The summed E-state index contributed by atoms with van der Waals surface area (Å²) in [6, 6.07) is 5.12. The first kappa shape index (κ1) is 12.8. The lowest BCUT2D eigenvalue weighted by Gasteiger charge is -2.25. The lowest BCUT2D eigenvalue weighted by atomic mass is 10.2. The van der Waals surface area contributed by atoms with Crippen LogP contribution < -0.4 is 4.72 Å². The van der Waals surface area contributed by atoms with Gasteiger partial charge in [-0.1, -0.05) is 12.5 Å². The number of rotatable bonds is 3. The summed E-state index contributed by atoms with van der Waals surface area (Å²) in [6.45, 7) is 1.17. The Bertz CT molecular complexity index is 486. The second-order valence-corrected chi connectivity index (χ2v) is 6.40. The summed E-state index contributed by atoms with van der Waals surface area (Å²) in [5.74, 6) is 0.338. The number of pyridine rings is 1.